The quantitative estimate of drug-likeness (QED) is 0.317. The summed E-state index contributed by atoms with van der Waals surface area (Å²) in [5, 5.41) is 3.56. The Hall–Kier alpha value is -0.820. The molecule has 1 N–H and O–H groups in total. The summed E-state index contributed by atoms with van der Waals surface area (Å²) >= 11 is 0. The van der Waals surface area contributed by atoms with E-state index in [1.54, 1.807) is 5.57 Å². The molecule has 154 valence electrons. The predicted octanol–water partition coefficient (Wildman–Crippen LogP) is 7.17. The Kier molecular flexibility index (Phi) is 7.98. The lowest BCUT2D eigenvalue weighted by molar-refractivity contribution is -0.0605. The molecule has 2 saturated carbocycles. The summed E-state index contributed by atoms with van der Waals surface area (Å²) < 4.78 is 0. The maximum absolute atomic E-state index is 4.66. The van der Waals surface area contributed by atoms with E-state index in [1.165, 1.54) is 44.9 Å². The molecule has 0 saturated heterocycles. The molecular weight excluding hydrogens is 326 g/mol. The van der Waals surface area contributed by atoms with Crippen LogP contribution in [0.15, 0.2) is 37.5 Å². The van der Waals surface area contributed by atoms with Crippen molar-refractivity contribution >= 4 is 0 Å². The number of hydrogen-bond donors (Lipinski definition) is 1. The Balaban J connectivity index is 2.21. The number of nitrogens with one attached hydrogen (secondary N) is 1. The zero-order valence-corrected chi connectivity index (χ0v) is 18.7. The van der Waals surface area contributed by atoms with Crippen molar-refractivity contribution in [2.75, 3.05) is 13.1 Å². The third-order valence-corrected chi connectivity index (χ3v) is 8.08. The molecule has 1 nitrogen and oxygen atoms in total. The SMILES string of the molecule is C=CCCC(C)(C)C1CC(=C)C2CC(CNCC=C)CCC2(C)C1CCC. The second-order valence-corrected chi connectivity index (χ2v) is 10.3. The lowest BCUT2D eigenvalue weighted by atomic mass is 9.46. The molecule has 0 aromatic carbocycles. The first-order valence-corrected chi connectivity index (χ1v) is 11.4. The molecular formula is C26H45N. The lowest BCUT2D eigenvalue weighted by Gasteiger charge is -2.59. The molecule has 0 amide bonds. The van der Waals surface area contributed by atoms with E-state index >= 15 is 0 Å². The minimum Gasteiger partial charge on any atom is -0.313 e. The molecule has 0 bridgehead atoms. The average Bonchev–Trinajstić information content (AvgIpc) is 2.63. The molecule has 0 aromatic rings. The van der Waals surface area contributed by atoms with Crippen LogP contribution in [0.3, 0.4) is 0 Å². The zero-order chi connectivity index (χ0) is 20.1. The van der Waals surface area contributed by atoms with E-state index in [2.05, 4.69) is 58.8 Å². The van der Waals surface area contributed by atoms with Crippen LogP contribution in [-0.2, 0) is 0 Å². The van der Waals surface area contributed by atoms with Crippen LogP contribution in [0.2, 0.25) is 0 Å². The molecule has 5 unspecified atom stereocenters. The average molecular weight is 372 g/mol. The number of hydrogen-bond acceptors (Lipinski definition) is 1. The molecule has 2 aliphatic rings. The van der Waals surface area contributed by atoms with Crippen molar-refractivity contribution in [2.24, 2.45) is 34.5 Å². The van der Waals surface area contributed by atoms with Crippen molar-refractivity contribution in [2.45, 2.75) is 79.1 Å². The second kappa shape index (κ2) is 9.59. The first-order valence-electron chi connectivity index (χ1n) is 11.4. The number of allylic oxidation sites excluding steroid dienone is 2. The predicted molar refractivity (Wildman–Crippen MR) is 121 cm³/mol. The van der Waals surface area contributed by atoms with Crippen LogP contribution in [0.4, 0.5) is 0 Å². The fourth-order valence-electron chi connectivity index (χ4n) is 6.41. The fraction of sp³-hybridized carbons (Fsp3) is 0.769. The van der Waals surface area contributed by atoms with Crippen molar-refractivity contribution < 1.29 is 0 Å². The van der Waals surface area contributed by atoms with Gasteiger partial charge in [-0.25, -0.2) is 0 Å². The van der Waals surface area contributed by atoms with Gasteiger partial charge in [-0.2, -0.15) is 0 Å². The molecule has 0 heterocycles. The first-order chi connectivity index (χ1) is 12.8. The summed E-state index contributed by atoms with van der Waals surface area (Å²) in [6.45, 7) is 24.5. The van der Waals surface area contributed by atoms with Gasteiger partial charge in [0.15, 0.2) is 0 Å². The summed E-state index contributed by atoms with van der Waals surface area (Å²) in [5.74, 6) is 3.11. The molecule has 1 heteroatoms. The molecule has 0 aliphatic heterocycles. The molecule has 2 aliphatic carbocycles. The highest BCUT2D eigenvalue weighted by atomic mass is 14.8. The van der Waals surface area contributed by atoms with E-state index in [4.69, 9.17) is 0 Å². The highest BCUT2D eigenvalue weighted by molar-refractivity contribution is 5.18. The minimum atomic E-state index is 0.368. The van der Waals surface area contributed by atoms with E-state index in [0.717, 1.165) is 37.3 Å². The van der Waals surface area contributed by atoms with Gasteiger partial charge in [0, 0.05) is 6.54 Å². The highest BCUT2D eigenvalue weighted by Crippen LogP contribution is 2.62. The summed E-state index contributed by atoms with van der Waals surface area (Å²) in [6, 6.07) is 0. The summed E-state index contributed by atoms with van der Waals surface area (Å²) in [7, 11) is 0. The van der Waals surface area contributed by atoms with Gasteiger partial charge in [0.1, 0.15) is 0 Å². The van der Waals surface area contributed by atoms with Crippen LogP contribution in [0.5, 0.6) is 0 Å². The van der Waals surface area contributed by atoms with E-state index in [1.807, 2.05) is 6.08 Å². The highest BCUT2D eigenvalue weighted by Gasteiger charge is 2.54. The van der Waals surface area contributed by atoms with E-state index in [-0.39, 0.29) is 0 Å². The molecule has 2 rings (SSSR count). The fourth-order valence-corrected chi connectivity index (χ4v) is 6.41. The van der Waals surface area contributed by atoms with E-state index in [0.29, 0.717) is 16.7 Å². The van der Waals surface area contributed by atoms with Crippen molar-refractivity contribution in [3.8, 4) is 0 Å². The van der Waals surface area contributed by atoms with Crippen LogP contribution in [0.1, 0.15) is 79.1 Å². The van der Waals surface area contributed by atoms with Crippen LogP contribution in [-0.4, -0.2) is 13.1 Å². The summed E-state index contributed by atoms with van der Waals surface area (Å²) in [4.78, 5) is 0. The standard InChI is InChI=1S/C26H45N/c1-8-11-14-25(5,6)24-17-20(4)23-18-21(19-27-16-10-3)13-15-26(23,7)22(24)12-9-2/h8,10,21-24,27H,1,3-4,9,11-19H2,2,5-7H3. The molecule has 2 fully saturated rings. The van der Waals surface area contributed by atoms with Crippen molar-refractivity contribution in [3.05, 3.63) is 37.5 Å². The molecule has 27 heavy (non-hydrogen) atoms. The normalized spacial score (nSPS) is 34.1. The van der Waals surface area contributed by atoms with Gasteiger partial charge in [0.2, 0.25) is 0 Å². The van der Waals surface area contributed by atoms with Gasteiger partial charge in [0.25, 0.3) is 0 Å². The van der Waals surface area contributed by atoms with Crippen LogP contribution in [0.25, 0.3) is 0 Å². The van der Waals surface area contributed by atoms with E-state index in [9.17, 15) is 0 Å². The van der Waals surface area contributed by atoms with Gasteiger partial charge in [0.05, 0.1) is 0 Å². The Morgan fingerprint density at radius 1 is 1.26 bits per heavy atom. The monoisotopic (exact) mass is 371 g/mol. The van der Waals surface area contributed by atoms with Crippen LogP contribution >= 0.6 is 0 Å². The summed E-state index contributed by atoms with van der Waals surface area (Å²) in [5.41, 5.74) is 2.36. The van der Waals surface area contributed by atoms with Crippen molar-refractivity contribution in [1.82, 2.24) is 5.32 Å². The Labute approximate surface area is 169 Å². The van der Waals surface area contributed by atoms with Gasteiger partial charge in [-0.15, -0.1) is 13.2 Å². The number of fused-ring (bicyclic) bond motifs is 1. The van der Waals surface area contributed by atoms with Gasteiger partial charge in [-0.1, -0.05) is 58.4 Å². The van der Waals surface area contributed by atoms with Crippen molar-refractivity contribution in [3.63, 3.8) is 0 Å². The third kappa shape index (κ3) is 4.97. The Morgan fingerprint density at radius 2 is 2.00 bits per heavy atom. The largest absolute Gasteiger partial charge is 0.313 e. The Bertz CT molecular complexity index is 516. The molecule has 0 spiro atoms. The second-order valence-electron chi connectivity index (χ2n) is 10.3. The molecule has 0 radical (unpaired) electrons. The molecule has 5 atom stereocenters. The van der Waals surface area contributed by atoms with Gasteiger partial charge < -0.3 is 5.32 Å². The van der Waals surface area contributed by atoms with Gasteiger partial charge in [-0.3, -0.25) is 0 Å². The lowest BCUT2D eigenvalue weighted by Crippen LogP contribution is -2.51. The van der Waals surface area contributed by atoms with E-state index < -0.39 is 0 Å². The third-order valence-electron chi connectivity index (χ3n) is 8.08. The topological polar surface area (TPSA) is 12.0 Å². The summed E-state index contributed by atoms with van der Waals surface area (Å²) in [6.07, 6.45) is 14.4. The first kappa shape index (κ1) is 22.5. The van der Waals surface area contributed by atoms with Gasteiger partial charge in [-0.05, 0) is 86.0 Å². The maximum atomic E-state index is 4.66. The smallest absolute Gasteiger partial charge is 0.0132 e. The van der Waals surface area contributed by atoms with Gasteiger partial charge >= 0.3 is 0 Å². The number of rotatable bonds is 10. The maximum Gasteiger partial charge on any atom is 0.0132 e. The van der Waals surface area contributed by atoms with Crippen LogP contribution < -0.4 is 5.32 Å². The molecule has 0 aromatic heterocycles. The minimum absolute atomic E-state index is 0.368. The Morgan fingerprint density at radius 3 is 2.63 bits per heavy atom. The van der Waals surface area contributed by atoms with Crippen LogP contribution in [0, 0.1) is 34.5 Å². The van der Waals surface area contributed by atoms with Crippen molar-refractivity contribution in [1.29, 1.82) is 0 Å². The zero-order valence-electron chi connectivity index (χ0n) is 18.7.